The molecule has 1 aliphatic heterocycles. The zero-order valence-corrected chi connectivity index (χ0v) is 15.0. The molecular formula is C16H13Cl2NO4S. The van der Waals surface area contributed by atoms with Crippen molar-refractivity contribution in [2.24, 2.45) is 0 Å². The summed E-state index contributed by atoms with van der Waals surface area (Å²) in [5.41, 5.74) is 1.51. The lowest BCUT2D eigenvalue weighted by atomic mass is 10.2. The summed E-state index contributed by atoms with van der Waals surface area (Å²) in [6, 6.07) is 9.05. The van der Waals surface area contributed by atoms with E-state index >= 15 is 0 Å². The summed E-state index contributed by atoms with van der Waals surface area (Å²) < 4.78 is 30.1. The first-order chi connectivity index (χ1) is 11.3. The maximum absolute atomic E-state index is 12.5. The standard InChI is InChI=1S/C16H13Cl2NO4S/c1-10(20)19-8-7-11-9-12(5-6-14(11)19)24(21,22)23-15-4-2-3-13(17)16(15)18/h2-6,9H,7-8H2,1H3. The van der Waals surface area contributed by atoms with Crippen molar-refractivity contribution in [1.82, 2.24) is 0 Å². The number of benzene rings is 2. The van der Waals surface area contributed by atoms with Crippen LogP contribution in [0.4, 0.5) is 5.69 Å². The smallest absolute Gasteiger partial charge is 0.339 e. The van der Waals surface area contributed by atoms with Crippen LogP contribution in [0.25, 0.3) is 0 Å². The van der Waals surface area contributed by atoms with Crippen molar-refractivity contribution < 1.29 is 17.4 Å². The highest BCUT2D eigenvalue weighted by Crippen LogP contribution is 2.35. The molecule has 8 heteroatoms. The maximum Gasteiger partial charge on any atom is 0.339 e. The van der Waals surface area contributed by atoms with Gasteiger partial charge >= 0.3 is 10.1 Å². The van der Waals surface area contributed by atoms with Crippen LogP contribution < -0.4 is 9.08 Å². The van der Waals surface area contributed by atoms with E-state index in [0.717, 1.165) is 11.3 Å². The number of rotatable bonds is 3. The molecule has 24 heavy (non-hydrogen) atoms. The van der Waals surface area contributed by atoms with Crippen molar-refractivity contribution in [2.45, 2.75) is 18.2 Å². The highest BCUT2D eigenvalue weighted by Gasteiger charge is 2.26. The Morgan fingerprint density at radius 3 is 2.67 bits per heavy atom. The zero-order valence-electron chi connectivity index (χ0n) is 12.6. The van der Waals surface area contributed by atoms with Crippen LogP contribution in [0, 0.1) is 0 Å². The lowest BCUT2D eigenvalue weighted by Crippen LogP contribution is -2.25. The fraction of sp³-hybridized carbons (Fsp3) is 0.188. The van der Waals surface area contributed by atoms with E-state index in [1.807, 2.05) is 0 Å². The Kier molecular flexibility index (Phi) is 4.46. The van der Waals surface area contributed by atoms with Crippen molar-refractivity contribution in [2.75, 3.05) is 11.4 Å². The van der Waals surface area contributed by atoms with Gasteiger partial charge in [0.2, 0.25) is 5.91 Å². The minimum atomic E-state index is -4.06. The summed E-state index contributed by atoms with van der Waals surface area (Å²) in [5.74, 6) is -0.110. The molecule has 0 radical (unpaired) electrons. The van der Waals surface area contributed by atoms with Gasteiger partial charge in [-0.15, -0.1) is 0 Å². The molecule has 5 nitrogen and oxygen atoms in total. The van der Waals surface area contributed by atoms with Crippen LogP contribution in [0.2, 0.25) is 10.0 Å². The number of hydrogen-bond donors (Lipinski definition) is 0. The minimum absolute atomic E-state index is 0.00249. The molecular weight excluding hydrogens is 373 g/mol. The largest absolute Gasteiger partial charge is 0.377 e. The number of carbonyl (C=O) groups excluding carboxylic acids is 1. The quantitative estimate of drug-likeness (QED) is 0.756. The number of hydrogen-bond acceptors (Lipinski definition) is 4. The zero-order chi connectivity index (χ0) is 17.5. The average Bonchev–Trinajstić information content (AvgIpc) is 2.95. The molecule has 1 amide bonds. The molecule has 0 unspecified atom stereocenters. The Morgan fingerprint density at radius 1 is 1.21 bits per heavy atom. The van der Waals surface area contributed by atoms with Crippen molar-refractivity contribution in [3.8, 4) is 5.75 Å². The fourth-order valence-corrected chi connectivity index (χ4v) is 3.94. The van der Waals surface area contributed by atoms with Gasteiger partial charge in [-0.1, -0.05) is 29.3 Å². The summed E-state index contributed by atoms with van der Waals surface area (Å²) in [7, 11) is -4.06. The molecule has 2 aromatic rings. The normalized spacial score (nSPS) is 13.7. The van der Waals surface area contributed by atoms with Crippen LogP contribution in [-0.4, -0.2) is 20.9 Å². The van der Waals surface area contributed by atoms with Crippen LogP contribution >= 0.6 is 23.2 Å². The van der Waals surface area contributed by atoms with E-state index < -0.39 is 10.1 Å². The van der Waals surface area contributed by atoms with E-state index in [1.165, 1.54) is 31.2 Å². The van der Waals surface area contributed by atoms with Crippen LogP contribution in [0.5, 0.6) is 5.75 Å². The molecule has 0 atom stereocenters. The molecule has 2 aromatic carbocycles. The molecule has 0 bridgehead atoms. The molecule has 0 saturated heterocycles. The lowest BCUT2D eigenvalue weighted by molar-refractivity contribution is -0.116. The summed E-state index contributed by atoms with van der Waals surface area (Å²) >= 11 is 11.8. The number of amides is 1. The number of carbonyl (C=O) groups is 1. The second-order valence-electron chi connectivity index (χ2n) is 5.30. The van der Waals surface area contributed by atoms with Gasteiger partial charge in [-0.3, -0.25) is 4.79 Å². The molecule has 1 aliphatic rings. The number of anilines is 1. The predicted molar refractivity (Wildman–Crippen MR) is 92.4 cm³/mol. The van der Waals surface area contributed by atoms with Crippen molar-refractivity contribution >= 4 is 44.9 Å². The highest BCUT2D eigenvalue weighted by molar-refractivity contribution is 7.87. The summed E-state index contributed by atoms with van der Waals surface area (Å²) in [4.78, 5) is 13.2. The van der Waals surface area contributed by atoms with E-state index in [1.54, 1.807) is 17.0 Å². The highest BCUT2D eigenvalue weighted by atomic mass is 35.5. The predicted octanol–water partition coefficient (Wildman–Crippen LogP) is 3.67. The number of nitrogens with zero attached hydrogens (tertiary/aromatic N) is 1. The fourth-order valence-electron chi connectivity index (χ4n) is 2.58. The van der Waals surface area contributed by atoms with Gasteiger partial charge in [-0.25, -0.2) is 0 Å². The van der Waals surface area contributed by atoms with Gasteiger partial charge in [0, 0.05) is 19.2 Å². The monoisotopic (exact) mass is 385 g/mol. The lowest BCUT2D eigenvalue weighted by Gasteiger charge is -2.15. The first-order valence-electron chi connectivity index (χ1n) is 7.09. The molecule has 126 valence electrons. The molecule has 3 rings (SSSR count). The molecule has 0 saturated carbocycles. The van der Waals surface area contributed by atoms with Crippen LogP contribution in [-0.2, 0) is 21.3 Å². The van der Waals surface area contributed by atoms with E-state index in [4.69, 9.17) is 27.4 Å². The van der Waals surface area contributed by atoms with Gasteiger partial charge < -0.3 is 9.08 Å². The summed E-state index contributed by atoms with van der Waals surface area (Å²) in [5, 5.41) is 0.238. The molecule has 0 N–H and O–H groups in total. The maximum atomic E-state index is 12.5. The average molecular weight is 386 g/mol. The molecule has 0 spiro atoms. The molecule has 1 heterocycles. The third-order valence-electron chi connectivity index (χ3n) is 3.73. The van der Waals surface area contributed by atoms with Gasteiger partial charge in [0.15, 0.2) is 5.75 Å². The first-order valence-corrected chi connectivity index (χ1v) is 9.25. The van der Waals surface area contributed by atoms with Crippen LogP contribution in [0.1, 0.15) is 12.5 Å². The SMILES string of the molecule is CC(=O)N1CCc2cc(S(=O)(=O)Oc3cccc(Cl)c3Cl)ccc21. The van der Waals surface area contributed by atoms with Crippen molar-refractivity contribution in [3.63, 3.8) is 0 Å². The summed E-state index contributed by atoms with van der Waals surface area (Å²) in [6.07, 6.45) is 0.593. The third-order valence-corrected chi connectivity index (χ3v) is 5.76. The topological polar surface area (TPSA) is 63.7 Å². The molecule has 0 fully saturated rings. The Balaban J connectivity index is 1.94. The van der Waals surface area contributed by atoms with Crippen LogP contribution in [0.15, 0.2) is 41.3 Å². The second kappa shape index (κ2) is 6.27. The Morgan fingerprint density at radius 2 is 1.96 bits per heavy atom. The van der Waals surface area contributed by atoms with Gasteiger partial charge in [-0.2, -0.15) is 8.42 Å². The van der Waals surface area contributed by atoms with E-state index in [2.05, 4.69) is 0 Å². The van der Waals surface area contributed by atoms with Gasteiger partial charge in [-0.05, 0) is 42.3 Å². The van der Waals surface area contributed by atoms with E-state index in [9.17, 15) is 13.2 Å². The van der Waals surface area contributed by atoms with Gasteiger partial charge in [0.25, 0.3) is 0 Å². The van der Waals surface area contributed by atoms with E-state index in [-0.39, 0.29) is 26.6 Å². The first kappa shape index (κ1) is 17.1. The second-order valence-corrected chi connectivity index (χ2v) is 7.63. The van der Waals surface area contributed by atoms with E-state index in [0.29, 0.717) is 13.0 Å². The van der Waals surface area contributed by atoms with Crippen molar-refractivity contribution in [3.05, 3.63) is 52.0 Å². The van der Waals surface area contributed by atoms with Gasteiger partial charge in [0.05, 0.1) is 5.02 Å². The number of fused-ring (bicyclic) bond motifs is 1. The Bertz CT molecular complexity index is 928. The van der Waals surface area contributed by atoms with Gasteiger partial charge in [0.1, 0.15) is 9.92 Å². The Labute approximate surface area is 149 Å². The minimum Gasteiger partial charge on any atom is -0.377 e. The van der Waals surface area contributed by atoms with Crippen molar-refractivity contribution in [1.29, 1.82) is 0 Å². The number of halogens is 2. The summed E-state index contributed by atoms with van der Waals surface area (Å²) in [6.45, 7) is 2.01. The van der Waals surface area contributed by atoms with Crippen LogP contribution in [0.3, 0.4) is 0 Å². The molecule has 0 aromatic heterocycles. The third kappa shape index (κ3) is 3.09. The Hall–Kier alpha value is -1.76. The molecule has 0 aliphatic carbocycles.